The Balaban J connectivity index is 1.78. The first-order chi connectivity index (χ1) is 10.3. The van der Waals surface area contributed by atoms with Crippen molar-refractivity contribution in [1.29, 1.82) is 0 Å². The van der Waals surface area contributed by atoms with Gasteiger partial charge in [0.15, 0.2) is 0 Å². The van der Waals surface area contributed by atoms with E-state index in [0.717, 1.165) is 32.5 Å². The zero-order valence-corrected chi connectivity index (χ0v) is 13.6. The molecule has 0 radical (unpaired) electrons. The fraction of sp³-hybridized carbons (Fsp3) is 0.684. The van der Waals surface area contributed by atoms with Gasteiger partial charge < -0.3 is 10.1 Å². The van der Waals surface area contributed by atoms with Crippen LogP contribution in [0.4, 0.5) is 0 Å². The molecular formula is C19H31NO. The highest BCUT2D eigenvalue weighted by molar-refractivity contribution is 5.14. The van der Waals surface area contributed by atoms with Gasteiger partial charge in [0.25, 0.3) is 0 Å². The molecule has 1 aromatic rings. The second-order valence-electron chi connectivity index (χ2n) is 6.32. The van der Waals surface area contributed by atoms with Crippen molar-refractivity contribution in [2.75, 3.05) is 19.7 Å². The Morgan fingerprint density at radius 2 is 1.76 bits per heavy atom. The molecule has 0 amide bonds. The molecule has 0 aromatic heterocycles. The number of aryl methyl sites for hydroxylation is 1. The number of likely N-dealkylation sites (N-methyl/N-ethyl adjacent to an activating group) is 1. The summed E-state index contributed by atoms with van der Waals surface area (Å²) in [5.74, 6) is 0. The van der Waals surface area contributed by atoms with Crippen LogP contribution in [-0.4, -0.2) is 25.3 Å². The topological polar surface area (TPSA) is 21.3 Å². The Kier molecular flexibility index (Phi) is 7.25. The van der Waals surface area contributed by atoms with Crippen molar-refractivity contribution in [1.82, 2.24) is 5.32 Å². The third-order valence-electron chi connectivity index (χ3n) is 4.57. The lowest BCUT2D eigenvalue weighted by Crippen LogP contribution is -2.43. The van der Waals surface area contributed by atoms with Gasteiger partial charge in [-0.1, -0.05) is 62.9 Å². The van der Waals surface area contributed by atoms with Gasteiger partial charge >= 0.3 is 0 Å². The Labute approximate surface area is 130 Å². The molecule has 2 rings (SSSR count). The lowest BCUT2D eigenvalue weighted by molar-refractivity contribution is -0.0554. The van der Waals surface area contributed by atoms with Crippen LogP contribution in [0.15, 0.2) is 30.3 Å². The molecule has 2 heteroatoms. The quantitative estimate of drug-likeness (QED) is 0.568. The van der Waals surface area contributed by atoms with Gasteiger partial charge in [-0.25, -0.2) is 0 Å². The normalized spacial score (nSPS) is 18.3. The average Bonchev–Trinajstić information content (AvgIpc) is 2.77. The lowest BCUT2D eigenvalue weighted by atomic mass is 9.94. The minimum Gasteiger partial charge on any atom is -0.374 e. The highest BCUT2D eigenvalue weighted by Gasteiger charge is 2.31. The molecule has 0 saturated heterocycles. The molecule has 0 heterocycles. The molecule has 0 spiro atoms. The standard InChI is InChI=1S/C19H31NO/c1-2-20-17-19(14-8-3-4-9-15-19)21-16-10-13-18-11-6-5-7-12-18/h5-7,11-12,20H,2-4,8-10,13-17H2,1H3. The Morgan fingerprint density at radius 3 is 2.43 bits per heavy atom. The summed E-state index contributed by atoms with van der Waals surface area (Å²) in [7, 11) is 0. The molecule has 1 N–H and O–H groups in total. The number of hydrogen-bond donors (Lipinski definition) is 1. The first kappa shape index (κ1) is 16.5. The second-order valence-corrected chi connectivity index (χ2v) is 6.32. The molecule has 0 bridgehead atoms. The predicted molar refractivity (Wildman–Crippen MR) is 89.7 cm³/mol. The summed E-state index contributed by atoms with van der Waals surface area (Å²) in [6, 6.07) is 10.7. The van der Waals surface area contributed by atoms with E-state index in [-0.39, 0.29) is 5.60 Å². The fourth-order valence-corrected chi connectivity index (χ4v) is 3.31. The summed E-state index contributed by atoms with van der Waals surface area (Å²) in [5.41, 5.74) is 1.52. The van der Waals surface area contributed by atoms with Crippen LogP contribution in [0, 0.1) is 0 Å². The maximum absolute atomic E-state index is 6.41. The summed E-state index contributed by atoms with van der Waals surface area (Å²) in [4.78, 5) is 0. The first-order valence-electron chi connectivity index (χ1n) is 8.73. The largest absolute Gasteiger partial charge is 0.374 e. The van der Waals surface area contributed by atoms with Crippen molar-refractivity contribution < 1.29 is 4.74 Å². The number of hydrogen-bond acceptors (Lipinski definition) is 2. The maximum Gasteiger partial charge on any atom is 0.0806 e. The first-order valence-corrected chi connectivity index (χ1v) is 8.73. The average molecular weight is 289 g/mol. The van der Waals surface area contributed by atoms with Crippen LogP contribution < -0.4 is 5.32 Å². The monoisotopic (exact) mass is 289 g/mol. The van der Waals surface area contributed by atoms with E-state index >= 15 is 0 Å². The second kappa shape index (κ2) is 9.22. The van der Waals surface area contributed by atoms with Gasteiger partial charge in [0.2, 0.25) is 0 Å². The van der Waals surface area contributed by atoms with E-state index in [2.05, 4.69) is 42.6 Å². The predicted octanol–water partition coefficient (Wildman–Crippen LogP) is 4.34. The molecule has 0 unspecified atom stereocenters. The lowest BCUT2D eigenvalue weighted by Gasteiger charge is -2.33. The van der Waals surface area contributed by atoms with E-state index in [1.807, 2.05) is 0 Å². The smallest absolute Gasteiger partial charge is 0.0806 e. The van der Waals surface area contributed by atoms with Crippen LogP contribution in [0.1, 0.15) is 57.4 Å². The van der Waals surface area contributed by atoms with E-state index in [1.54, 1.807) is 0 Å². The summed E-state index contributed by atoms with van der Waals surface area (Å²) in [5, 5.41) is 3.52. The number of nitrogens with one attached hydrogen (secondary N) is 1. The highest BCUT2D eigenvalue weighted by Crippen LogP contribution is 2.30. The molecule has 0 aliphatic heterocycles. The van der Waals surface area contributed by atoms with E-state index in [9.17, 15) is 0 Å². The highest BCUT2D eigenvalue weighted by atomic mass is 16.5. The molecule has 1 aromatic carbocycles. The van der Waals surface area contributed by atoms with Crippen molar-refractivity contribution >= 4 is 0 Å². The van der Waals surface area contributed by atoms with Crippen LogP contribution in [0.2, 0.25) is 0 Å². The Hall–Kier alpha value is -0.860. The van der Waals surface area contributed by atoms with Gasteiger partial charge in [0.1, 0.15) is 0 Å². The molecule has 1 aliphatic rings. The van der Waals surface area contributed by atoms with E-state index in [1.165, 1.54) is 44.1 Å². The van der Waals surface area contributed by atoms with Gasteiger partial charge in [-0.15, -0.1) is 0 Å². The van der Waals surface area contributed by atoms with Crippen LogP contribution in [0.25, 0.3) is 0 Å². The van der Waals surface area contributed by atoms with E-state index < -0.39 is 0 Å². The van der Waals surface area contributed by atoms with E-state index in [0.29, 0.717) is 0 Å². The summed E-state index contributed by atoms with van der Waals surface area (Å²) >= 11 is 0. The van der Waals surface area contributed by atoms with Crippen LogP contribution in [-0.2, 0) is 11.2 Å². The van der Waals surface area contributed by atoms with Crippen LogP contribution >= 0.6 is 0 Å². The maximum atomic E-state index is 6.41. The van der Waals surface area contributed by atoms with E-state index in [4.69, 9.17) is 4.74 Å². The number of rotatable bonds is 8. The van der Waals surface area contributed by atoms with Crippen molar-refractivity contribution in [2.24, 2.45) is 0 Å². The van der Waals surface area contributed by atoms with Crippen LogP contribution in [0.3, 0.4) is 0 Å². The molecule has 0 atom stereocenters. The molecule has 1 fully saturated rings. The summed E-state index contributed by atoms with van der Waals surface area (Å²) < 4.78 is 6.41. The Bertz CT molecular complexity index is 368. The molecule has 2 nitrogen and oxygen atoms in total. The molecule has 1 saturated carbocycles. The fourth-order valence-electron chi connectivity index (χ4n) is 3.31. The minimum absolute atomic E-state index is 0.100. The Morgan fingerprint density at radius 1 is 1.05 bits per heavy atom. The molecule has 1 aliphatic carbocycles. The molecule has 118 valence electrons. The van der Waals surface area contributed by atoms with Crippen molar-refractivity contribution in [2.45, 2.75) is 63.9 Å². The SMILES string of the molecule is CCNCC1(OCCCc2ccccc2)CCCCCC1. The van der Waals surface area contributed by atoms with Gasteiger partial charge in [-0.2, -0.15) is 0 Å². The van der Waals surface area contributed by atoms with Gasteiger partial charge in [0.05, 0.1) is 5.60 Å². The van der Waals surface area contributed by atoms with Gasteiger partial charge in [-0.3, -0.25) is 0 Å². The zero-order chi connectivity index (χ0) is 14.8. The molecular weight excluding hydrogens is 258 g/mol. The molecule has 21 heavy (non-hydrogen) atoms. The summed E-state index contributed by atoms with van der Waals surface area (Å²) in [6.07, 6.45) is 10.1. The summed E-state index contributed by atoms with van der Waals surface area (Å²) in [6.45, 7) is 5.13. The van der Waals surface area contributed by atoms with Crippen molar-refractivity contribution in [3.63, 3.8) is 0 Å². The third kappa shape index (κ3) is 5.80. The zero-order valence-electron chi connectivity index (χ0n) is 13.6. The van der Waals surface area contributed by atoms with Crippen molar-refractivity contribution in [3.8, 4) is 0 Å². The minimum atomic E-state index is 0.100. The van der Waals surface area contributed by atoms with Gasteiger partial charge in [0, 0.05) is 13.2 Å². The third-order valence-corrected chi connectivity index (χ3v) is 4.57. The van der Waals surface area contributed by atoms with Crippen molar-refractivity contribution in [3.05, 3.63) is 35.9 Å². The van der Waals surface area contributed by atoms with Crippen LogP contribution in [0.5, 0.6) is 0 Å². The van der Waals surface area contributed by atoms with Gasteiger partial charge in [-0.05, 0) is 37.8 Å². The number of ether oxygens (including phenoxy) is 1. The number of benzene rings is 1.